The summed E-state index contributed by atoms with van der Waals surface area (Å²) in [5.41, 5.74) is 6.20. The molecule has 0 saturated carbocycles. The predicted molar refractivity (Wildman–Crippen MR) is 76.4 cm³/mol. The Bertz CT molecular complexity index is 626. The molecule has 0 fully saturated rings. The Morgan fingerprint density at radius 3 is 3.00 bits per heavy atom. The van der Waals surface area contributed by atoms with Crippen molar-refractivity contribution in [2.24, 2.45) is 0 Å². The molecule has 5 nitrogen and oxygen atoms in total. The molecule has 0 aliphatic rings. The molecule has 2 heterocycles. The molecule has 98 valence electrons. The summed E-state index contributed by atoms with van der Waals surface area (Å²) in [6, 6.07) is 5.91. The SMILES string of the molecule is COC(=O)c1c(NCc2cccs2)sc(C#N)c1N. The minimum absolute atomic E-state index is 0.174. The third-order valence-corrected chi connectivity index (χ3v) is 4.38. The summed E-state index contributed by atoms with van der Waals surface area (Å²) in [6.45, 7) is 0.576. The first kappa shape index (κ1) is 13.4. The normalized spacial score (nSPS) is 9.89. The average Bonchev–Trinajstić information content (AvgIpc) is 3.03. The highest BCUT2D eigenvalue weighted by molar-refractivity contribution is 7.17. The first-order chi connectivity index (χ1) is 9.17. The van der Waals surface area contributed by atoms with Crippen molar-refractivity contribution in [3.05, 3.63) is 32.8 Å². The van der Waals surface area contributed by atoms with E-state index in [0.717, 1.165) is 16.2 Å². The van der Waals surface area contributed by atoms with Crippen molar-refractivity contribution in [2.75, 3.05) is 18.2 Å². The monoisotopic (exact) mass is 293 g/mol. The van der Waals surface area contributed by atoms with E-state index in [1.165, 1.54) is 7.11 Å². The van der Waals surface area contributed by atoms with Crippen molar-refractivity contribution in [3.63, 3.8) is 0 Å². The summed E-state index contributed by atoms with van der Waals surface area (Å²) in [7, 11) is 1.29. The number of thiophene rings is 2. The summed E-state index contributed by atoms with van der Waals surface area (Å²) in [4.78, 5) is 13.1. The fourth-order valence-corrected chi connectivity index (χ4v) is 3.08. The Balaban J connectivity index is 2.28. The topological polar surface area (TPSA) is 88.1 Å². The second-order valence-corrected chi connectivity index (χ2v) is 5.64. The van der Waals surface area contributed by atoms with E-state index in [0.29, 0.717) is 16.4 Å². The van der Waals surface area contributed by atoms with Crippen LogP contribution in [0.5, 0.6) is 0 Å². The summed E-state index contributed by atoms with van der Waals surface area (Å²) in [5, 5.41) is 14.6. The number of nitrogen functional groups attached to an aromatic ring is 1. The van der Waals surface area contributed by atoms with Crippen molar-refractivity contribution in [1.29, 1.82) is 5.26 Å². The summed E-state index contributed by atoms with van der Waals surface area (Å²) in [5.74, 6) is -0.538. The molecule has 19 heavy (non-hydrogen) atoms. The minimum Gasteiger partial charge on any atom is -0.465 e. The lowest BCUT2D eigenvalue weighted by Gasteiger charge is -2.05. The molecule has 0 spiro atoms. The van der Waals surface area contributed by atoms with Crippen LogP contribution in [-0.4, -0.2) is 13.1 Å². The lowest BCUT2D eigenvalue weighted by molar-refractivity contribution is 0.0603. The van der Waals surface area contributed by atoms with Crippen LogP contribution in [0.3, 0.4) is 0 Å². The Morgan fingerprint density at radius 1 is 1.63 bits per heavy atom. The molecule has 2 rings (SSSR count). The molecule has 0 aliphatic carbocycles. The van der Waals surface area contributed by atoms with E-state index >= 15 is 0 Å². The zero-order valence-corrected chi connectivity index (χ0v) is 11.7. The van der Waals surface area contributed by atoms with E-state index in [1.54, 1.807) is 11.3 Å². The maximum atomic E-state index is 11.7. The van der Waals surface area contributed by atoms with Gasteiger partial charge in [0, 0.05) is 4.88 Å². The fraction of sp³-hybridized carbons (Fsp3) is 0.167. The molecule has 0 saturated heterocycles. The average molecular weight is 293 g/mol. The first-order valence-corrected chi connectivity index (χ1v) is 7.04. The molecule has 0 aliphatic heterocycles. The van der Waals surface area contributed by atoms with Gasteiger partial charge in [-0.2, -0.15) is 5.26 Å². The largest absolute Gasteiger partial charge is 0.465 e. The predicted octanol–water partition coefficient (Wildman–Crippen LogP) is 2.66. The molecule has 0 atom stereocenters. The quantitative estimate of drug-likeness (QED) is 0.846. The van der Waals surface area contributed by atoms with Crippen molar-refractivity contribution < 1.29 is 9.53 Å². The molecular formula is C12H11N3O2S2. The van der Waals surface area contributed by atoms with Crippen LogP contribution >= 0.6 is 22.7 Å². The summed E-state index contributed by atoms with van der Waals surface area (Å²) < 4.78 is 4.69. The second kappa shape index (κ2) is 5.73. The highest BCUT2D eigenvalue weighted by Gasteiger charge is 2.22. The number of hydrogen-bond donors (Lipinski definition) is 2. The van der Waals surface area contributed by atoms with Crippen LogP contribution in [-0.2, 0) is 11.3 Å². The number of rotatable bonds is 4. The molecule has 0 amide bonds. The number of carbonyl (C=O) groups is 1. The van der Waals surface area contributed by atoms with Gasteiger partial charge in [0.05, 0.1) is 19.3 Å². The van der Waals surface area contributed by atoms with E-state index in [2.05, 4.69) is 5.32 Å². The van der Waals surface area contributed by atoms with Gasteiger partial charge in [-0.1, -0.05) is 6.07 Å². The maximum Gasteiger partial charge on any atom is 0.343 e. The Morgan fingerprint density at radius 2 is 2.42 bits per heavy atom. The second-order valence-electron chi connectivity index (χ2n) is 3.59. The Labute approximate surface area is 118 Å². The van der Waals surface area contributed by atoms with E-state index in [-0.39, 0.29) is 11.3 Å². The van der Waals surface area contributed by atoms with E-state index in [1.807, 2.05) is 23.6 Å². The molecule has 0 radical (unpaired) electrons. The number of anilines is 2. The number of nitrogens with two attached hydrogens (primary N) is 1. The van der Waals surface area contributed by atoms with Gasteiger partial charge in [-0.25, -0.2) is 4.79 Å². The number of nitrogens with zero attached hydrogens (tertiary/aromatic N) is 1. The third-order valence-electron chi connectivity index (χ3n) is 2.44. The molecule has 2 aromatic rings. The van der Waals surface area contributed by atoms with Gasteiger partial charge in [0.25, 0.3) is 0 Å². The van der Waals surface area contributed by atoms with Crippen LogP contribution in [0, 0.1) is 11.3 Å². The van der Waals surface area contributed by atoms with Crippen molar-refractivity contribution >= 4 is 39.3 Å². The van der Waals surface area contributed by atoms with Gasteiger partial charge in [-0.15, -0.1) is 22.7 Å². The molecule has 3 N–H and O–H groups in total. The highest BCUT2D eigenvalue weighted by atomic mass is 32.1. The lowest BCUT2D eigenvalue weighted by atomic mass is 10.2. The number of carbonyl (C=O) groups excluding carboxylic acids is 1. The molecule has 0 bridgehead atoms. The van der Waals surface area contributed by atoms with E-state index < -0.39 is 5.97 Å². The van der Waals surface area contributed by atoms with Crippen molar-refractivity contribution in [1.82, 2.24) is 0 Å². The number of methoxy groups -OCH3 is 1. The molecular weight excluding hydrogens is 282 g/mol. The van der Waals surface area contributed by atoms with Gasteiger partial charge in [-0.3, -0.25) is 0 Å². The lowest BCUT2D eigenvalue weighted by Crippen LogP contribution is -2.07. The number of nitrogens with one attached hydrogen (secondary N) is 1. The van der Waals surface area contributed by atoms with Crippen LogP contribution < -0.4 is 11.1 Å². The van der Waals surface area contributed by atoms with Gasteiger partial charge in [0.15, 0.2) is 0 Å². The van der Waals surface area contributed by atoms with Gasteiger partial charge in [0.1, 0.15) is 21.5 Å². The zero-order chi connectivity index (χ0) is 13.8. The summed E-state index contributed by atoms with van der Waals surface area (Å²) >= 11 is 2.77. The van der Waals surface area contributed by atoms with Gasteiger partial charge in [0.2, 0.25) is 0 Å². The van der Waals surface area contributed by atoms with Crippen LogP contribution in [0.1, 0.15) is 20.1 Å². The van der Waals surface area contributed by atoms with Crippen LogP contribution in [0.25, 0.3) is 0 Å². The van der Waals surface area contributed by atoms with Crippen molar-refractivity contribution in [2.45, 2.75) is 6.54 Å². The Hall–Kier alpha value is -2.04. The molecule has 2 aromatic heterocycles. The van der Waals surface area contributed by atoms with E-state index in [4.69, 9.17) is 15.7 Å². The van der Waals surface area contributed by atoms with Gasteiger partial charge < -0.3 is 15.8 Å². The van der Waals surface area contributed by atoms with Crippen molar-refractivity contribution in [3.8, 4) is 6.07 Å². The van der Waals surface area contributed by atoms with Crippen LogP contribution in [0.4, 0.5) is 10.7 Å². The highest BCUT2D eigenvalue weighted by Crippen LogP contribution is 2.36. The first-order valence-electron chi connectivity index (χ1n) is 5.34. The zero-order valence-electron chi connectivity index (χ0n) is 10.1. The number of nitriles is 1. The number of ether oxygens (including phenoxy) is 1. The molecule has 0 unspecified atom stereocenters. The number of esters is 1. The molecule has 7 heteroatoms. The smallest absolute Gasteiger partial charge is 0.343 e. The summed E-state index contributed by atoms with van der Waals surface area (Å²) in [6.07, 6.45) is 0. The maximum absolute atomic E-state index is 11.7. The van der Waals surface area contributed by atoms with Gasteiger partial charge in [-0.05, 0) is 11.4 Å². The third kappa shape index (κ3) is 2.70. The van der Waals surface area contributed by atoms with E-state index in [9.17, 15) is 4.79 Å². The van der Waals surface area contributed by atoms with Gasteiger partial charge >= 0.3 is 5.97 Å². The minimum atomic E-state index is -0.538. The standard InChI is InChI=1S/C12H11N3O2S2/c1-17-12(16)9-10(14)8(5-13)19-11(9)15-6-7-3-2-4-18-7/h2-4,15H,6,14H2,1H3. The fourth-order valence-electron chi connectivity index (χ4n) is 1.54. The van der Waals surface area contributed by atoms with Crippen LogP contribution in [0.2, 0.25) is 0 Å². The Kier molecular flexibility index (Phi) is 4.04. The molecule has 0 aromatic carbocycles. The number of hydrogen-bond acceptors (Lipinski definition) is 7. The van der Waals surface area contributed by atoms with Crippen LogP contribution in [0.15, 0.2) is 17.5 Å².